The number of carbonyl (C=O) groups is 1. The lowest BCUT2D eigenvalue weighted by Gasteiger charge is -2.41. The minimum absolute atomic E-state index is 0.0797. The van der Waals surface area contributed by atoms with Crippen LogP contribution in [0.5, 0.6) is 5.75 Å². The lowest BCUT2D eigenvalue weighted by Crippen LogP contribution is -2.60. The summed E-state index contributed by atoms with van der Waals surface area (Å²) in [6, 6.07) is 5.35. The average Bonchev–Trinajstić information content (AvgIpc) is 2.40. The lowest BCUT2D eigenvalue weighted by molar-refractivity contribution is -0.215. The van der Waals surface area contributed by atoms with Gasteiger partial charge in [-0.3, -0.25) is 4.79 Å². The molecule has 1 fully saturated rings. The molecule has 0 radical (unpaired) electrons. The summed E-state index contributed by atoms with van der Waals surface area (Å²) in [5.41, 5.74) is -2.24. The first-order chi connectivity index (χ1) is 9.85. The number of benzene rings is 1. The van der Waals surface area contributed by atoms with Crippen molar-refractivity contribution in [3.63, 3.8) is 0 Å². The van der Waals surface area contributed by atoms with Crippen LogP contribution in [0.3, 0.4) is 0 Å². The second-order valence-corrected chi connectivity index (χ2v) is 5.02. The lowest BCUT2D eigenvalue weighted by atomic mass is 9.75. The zero-order valence-corrected chi connectivity index (χ0v) is 11.2. The summed E-state index contributed by atoms with van der Waals surface area (Å²) >= 11 is 0. The number of halogens is 3. The highest BCUT2D eigenvalue weighted by Gasteiger charge is 2.60. The Bertz CT molecular complexity index is 518. The van der Waals surface area contributed by atoms with Crippen LogP contribution in [0.25, 0.3) is 0 Å². The van der Waals surface area contributed by atoms with Crippen LogP contribution >= 0.6 is 0 Å². The number of ether oxygens (including phenoxy) is 1. The molecule has 1 aromatic carbocycles. The third kappa shape index (κ3) is 3.29. The molecule has 7 heteroatoms. The van der Waals surface area contributed by atoms with E-state index in [1.165, 1.54) is 18.2 Å². The van der Waals surface area contributed by atoms with Gasteiger partial charge in [-0.25, -0.2) is 4.39 Å². The Morgan fingerprint density at radius 2 is 2.14 bits per heavy atom. The van der Waals surface area contributed by atoms with Crippen molar-refractivity contribution in [3.8, 4) is 5.75 Å². The monoisotopic (exact) mass is 303 g/mol. The fourth-order valence-electron chi connectivity index (χ4n) is 2.04. The highest BCUT2D eigenvalue weighted by Crippen LogP contribution is 2.44. The minimum Gasteiger partial charge on any atom is -0.492 e. The number of rotatable bonds is 6. The maximum absolute atomic E-state index is 13.7. The van der Waals surface area contributed by atoms with Crippen LogP contribution in [0.2, 0.25) is 0 Å². The van der Waals surface area contributed by atoms with E-state index in [9.17, 15) is 23.1 Å². The second-order valence-electron chi connectivity index (χ2n) is 5.02. The van der Waals surface area contributed by atoms with Crippen LogP contribution < -0.4 is 10.1 Å². The summed E-state index contributed by atoms with van der Waals surface area (Å²) in [7, 11) is 0. The number of aliphatic hydroxyl groups is 1. The number of hydrogen-bond donors (Lipinski definition) is 2. The fraction of sp³-hybridized carbons (Fsp3) is 0.500. The SMILES string of the molecule is O=C(NCCOc1cccc(F)c1)C(F)(F)C1(O)CCC1. The van der Waals surface area contributed by atoms with Crippen LogP contribution in [0.4, 0.5) is 13.2 Å². The van der Waals surface area contributed by atoms with E-state index in [2.05, 4.69) is 0 Å². The van der Waals surface area contributed by atoms with E-state index in [1.807, 2.05) is 5.32 Å². The highest BCUT2D eigenvalue weighted by molar-refractivity contribution is 5.85. The molecule has 0 bridgehead atoms. The molecule has 2 rings (SSSR count). The molecule has 2 N–H and O–H groups in total. The first kappa shape index (κ1) is 15.6. The number of amides is 1. The number of hydrogen-bond acceptors (Lipinski definition) is 3. The van der Waals surface area contributed by atoms with Crippen molar-refractivity contribution in [1.29, 1.82) is 0 Å². The van der Waals surface area contributed by atoms with Gasteiger partial charge in [-0.05, 0) is 31.4 Å². The van der Waals surface area contributed by atoms with Gasteiger partial charge in [0.25, 0.3) is 5.91 Å². The van der Waals surface area contributed by atoms with Gasteiger partial charge in [0, 0.05) is 6.07 Å². The summed E-state index contributed by atoms with van der Waals surface area (Å²) in [4.78, 5) is 11.4. The molecule has 0 spiro atoms. The summed E-state index contributed by atoms with van der Waals surface area (Å²) < 4.78 is 45.4. The van der Waals surface area contributed by atoms with Gasteiger partial charge in [0.15, 0.2) is 0 Å². The van der Waals surface area contributed by atoms with E-state index >= 15 is 0 Å². The van der Waals surface area contributed by atoms with Crippen LogP contribution in [0.15, 0.2) is 24.3 Å². The fourth-order valence-corrected chi connectivity index (χ4v) is 2.04. The molecule has 0 atom stereocenters. The Balaban J connectivity index is 1.77. The molecule has 1 aromatic rings. The van der Waals surface area contributed by atoms with Gasteiger partial charge >= 0.3 is 5.92 Å². The maximum atomic E-state index is 13.7. The quantitative estimate of drug-likeness (QED) is 0.789. The Kier molecular flexibility index (Phi) is 4.41. The topological polar surface area (TPSA) is 58.6 Å². The largest absolute Gasteiger partial charge is 0.492 e. The predicted octanol–water partition coefficient (Wildman–Crippen LogP) is 1.87. The summed E-state index contributed by atoms with van der Waals surface area (Å²) in [6.45, 7) is -0.245. The summed E-state index contributed by atoms with van der Waals surface area (Å²) in [5, 5.41) is 11.6. The van der Waals surface area contributed by atoms with Gasteiger partial charge < -0.3 is 15.2 Å². The zero-order valence-electron chi connectivity index (χ0n) is 11.2. The molecule has 1 aliphatic rings. The second kappa shape index (κ2) is 5.93. The number of nitrogens with one attached hydrogen (secondary N) is 1. The molecule has 0 unspecified atom stereocenters. The van der Waals surface area contributed by atoms with Gasteiger partial charge in [-0.2, -0.15) is 8.78 Å². The maximum Gasteiger partial charge on any atom is 0.352 e. The van der Waals surface area contributed by atoms with Crippen molar-refractivity contribution in [2.24, 2.45) is 0 Å². The van der Waals surface area contributed by atoms with Gasteiger partial charge in [0.1, 0.15) is 23.8 Å². The van der Waals surface area contributed by atoms with Gasteiger partial charge in [0.05, 0.1) is 6.54 Å². The summed E-state index contributed by atoms with van der Waals surface area (Å²) in [5.74, 6) is -5.57. The average molecular weight is 303 g/mol. The van der Waals surface area contributed by atoms with Crippen LogP contribution in [-0.2, 0) is 4.79 Å². The van der Waals surface area contributed by atoms with Crippen molar-refractivity contribution in [2.45, 2.75) is 30.8 Å². The van der Waals surface area contributed by atoms with Crippen molar-refractivity contribution in [3.05, 3.63) is 30.1 Å². The molecular formula is C14H16F3NO3. The van der Waals surface area contributed by atoms with E-state index < -0.39 is 23.2 Å². The van der Waals surface area contributed by atoms with E-state index in [0.29, 0.717) is 6.42 Å². The number of alkyl halides is 2. The molecule has 1 aliphatic carbocycles. The normalized spacial score (nSPS) is 17.0. The first-order valence-corrected chi connectivity index (χ1v) is 6.62. The third-order valence-electron chi connectivity index (χ3n) is 3.50. The third-order valence-corrected chi connectivity index (χ3v) is 3.50. The van der Waals surface area contributed by atoms with Crippen LogP contribution in [0.1, 0.15) is 19.3 Å². The van der Waals surface area contributed by atoms with E-state index in [0.717, 1.165) is 6.07 Å². The molecule has 4 nitrogen and oxygen atoms in total. The molecule has 0 aromatic heterocycles. The minimum atomic E-state index is -3.82. The molecule has 1 amide bonds. The highest BCUT2D eigenvalue weighted by atomic mass is 19.3. The molecule has 0 saturated heterocycles. The predicted molar refractivity (Wildman–Crippen MR) is 68.7 cm³/mol. The molecule has 1 saturated carbocycles. The van der Waals surface area contributed by atoms with E-state index in [1.54, 1.807) is 0 Å². The molecule has 21 heavy (non-hydrogen) atoms. The van der Waals surface area contributed by atoms with Gasteiger partial charge in [-0.15, -0.1) is 0 Å². The Labute approximate surface area is 119 Å². The van der Waals surface area contributed by atoms with Gasteiger partial charge in [-0.1, -0.05) is 6.07 Å². The molecule has 116 valence electrons. The standard InChI is InChI=1S/C14H16F3NO3/c15-10-3-1-4-11(9-10)21-8-7-18-12(19)14(16,17)13(20)5-2-6-13/h1,3-4,9,20H,2,5-8H2,(H,18,19). The van der Waals surface area contributed by atoms with Crippen LogP contribution in [0, 0.1) is 5.82 Å². The molecular weight excluding hydrogens is 287 g/mol. The Morgan fingerprint density at radius 3 is 2.71 bits per heavy atom. The van der Waals surface area contributed by atoms with E-state index in [-0.39, 0.29) is 31.7 Å². The van der Waals surface area contributed by atoms with Crippen molar-refractivity contribution >= 4 is 5.91 Å². The first-order valence-electron chi connectivity index (χ1n) is 6.62. The Morgan fingerprint density at radius 1 is 1.43 bits per heavy atom. The Hall–Kier alpha value is -1.76. The van der Waals surface area contributed by atoms with Gasteiger partial charge in [0.2, 0.25) is 0 Å². The number of carbonyl (C=O) groups excluding carboxylic acids is 1. The molecule has 0 aliphatic heterocycles. The van der Waals surface area contributed by atoms with Crippen molar-refractivity contribution in [1.82, 2.24) is 5.32 Å². The van der Waals surface area contributed by atoms with E-state index in [4.69, 9.17) is 4.74 Å². The zero-order chi connectivity index (χ0) is 15.5. The summed E-state index contributed by atoms with van der Waals surface area (Å²) in [6.07, 6.45) is 0.294. The van der Waals surface area contributed by atoms with Crippen molar-refractivity contribution in [2.75, 3.05) is 13.2 Å². The van der Waals surface area contributed by atoms with Crippen molar-refractivity contribution < 1.29 is 27.8 Å². The van der Waals surface area contributed by atoms with Crippen LogP contribution in [-0.4, -0.2) is 35.7 Å². The smallest absolute Gasteiger partial charge is 0.352 e. The molecule has 0 heterocycles.